The number of amides is 1. The summed E-state index contributed by atoms with van der Waals surface area (Å²) in [5.41, 5.74) is 1.64. The lowest BCUT2D eigenvalue weighted by Crippen LogP contribution is -2.20. The van der Waals surface area contributed by atoms with Crippen LogP contribution in [-0.4, -0.2) is 25.3 Å². The number of nitrogens with one attached hydrogen (secondary N) is 1. The van der Waals surface area contributed by atoms with Crippen LogP contribution < -0.4 is 10.1 Å². The van der Waals surface area contributed by atoms with E-state index in [2.05, 4.69) is 5.32 Å². The summed E-state index contributed by atoms with van der Waals surface area (Å²) in [6.07, 6.45) is 1.14. The van der Waals surface area contributed by atoms with Gasteiger partial charge in [-0.3, -0.25) is 10.1 Å². The van der Waals surface area contributed by atoms with Gasteiger partial charge in [0.25, 0.3) is 0 Å². The van der Waals surface area contributed by atoms with Crippen molar-refractivity contribution in [2.45, 2.75) is 26.4 Å². The molecular formula is C14H17NO5. The maximum absolute atomic E-state index is 11.0. The predicted octanol–water partition coefficient (Wildman–Crippen LogP) is 2.47. The third kappa shape index (κ3) is 4.15. The lowest BCUT2D eigenvalue weighted by Gasteiger charge is -2.18. The predicted molar refractivity (Wildman–Crippen MR) is 71.6 cm³/mol. The van der Waals surface area contributed by atoms with Crippen molar-refractivity contribution in [3.05, 3.63) is 23.8 Å². The quantitative estimate of drug-likeness (QED) is 0.639. The smallest absolute Gasteiger partial charge is 0.411 e. The van der Waals surface area contributed by atoms with Crippen LogP contribution in [-0.2, 0) is 20.9 Å². The van der Waals surface area contributed by atoms with Crippen LogP contribution in [0.15, 0.2) is 18.2 Å². The van der Waals surface area contributed by atoms with Crippen LogP contribution in [0.5, 0.6) is 5.75 Å². The monoisotopic (exact) mass is 279 g/mol. The molecule has 1 heterocycles. The molecule has 1 N–H and O–H groups in total. The minimum absolute atomic E-state index is 0.255. The first-order valence-corrected chi connectivity index (χ1v) is 6.48. The van der Waals surface area contributed by atoms with Gasteiger partial charge in [-0.2, -0.15) is 0 Å². The first kappa shape index (κ1) is 14.2. The Balaban J connectivity index is 1.74. The molecule has 1 aliphatic heterocycles. The number of rotatable bonds is 6. The number of hydrogen-bond acceptors (Lipinski definition) is 5. The van der Waals surface area contributed by atoms with Crippen molar-refractivity contribution in [1.29, 1.82) is 0 Å². The van der Waals surface area contributed by atoms with Crippen LogP contribution in [0.2, 0.25) is 0 Å². The Hall–Kier alpha value is -2.24. The third-order valence-electron chi connectivity index (χ3n) is 2.78. The topological polar surface area (TPSA) is 73.9 Å². The zero-order chi connectivity index (χ0) is 14.4. The van der Waals surface area contributed by atoms with Crippen LogP contribution in [0, 0.1) is 0 Å². The van der Waals surface area contributed by atoms with E-state index in [1.807, 2.05) is 6.07 Å². The van der Waals surface area contributed by atoms with Gasteiger partial charge in [0.15, 0.2) is 0 Å². The van der Waals surface area contributed by atoms with E-state index in [9.17, 15) is 9.59 Å². The lowest BCUT2D eigenvalue weighted by molar-refractivity contribution is -0.141. The van der Waals surface area contributed by atoms with Crippen LogP contribution in [0.1, 0.15) is 25.3 Å². The summed E-state index contributed by atoms with van der Waals surface area (Å²) in [5.74, 6) is 0.471. The first-order chi connectivity index (χ1) is 9.65. The zero-order valence-electron chi connectivity index (χ0n) is 11.3. The highest BCUT2D eigenvalue weighted by Gasteiger charge is 2.15. The lowest BCUT2D eigenvalue weighted by atomic mass is 10.1. The summed E-state index contributed by atoms with van der Waals surface area (Å²) in [4.78, 5) is 21.6. The van der Waals surface area contributed by atoms with Crippen LogP contribution >= 0.6 is 0 Å². The molecule has 0 atom stereocenters. The molecule has 0 aromatic heterocycles. The second-order valence-electron chi connectivity index (χ2n) is 4.42. The van der Waals surface area contributed by atoms with E-state index in [1.54, 1.807) is 12.1 Å². The van der Waals surface area contributed by atoms with Gasteiger partial charge in [0, 0.05) is 12.5 Å². The highest BCUT2D eigenvalue weighted by molar-refractivity contribution is 5.87. The number of carbonyl (C=O) groups is 2. The van der Waals surface area contributed by atoms with Crippen molar-refractivity contribution in [2.75, 3.05) is 18.5 Å². The molecule has 0 spiro atoms. The molecule has 0 saturated carbocycles. The number of benzene rings is 1. The van der Waals surface area contributed by atoms with E-state index < -0.39 is 6.09 Å². The summed E-state index contributed by atoms with van der Waals surface area (Å²) in [5, 5.41) is 2.62. The number of unbranched alkanes of at least 4 members (excludes halogenated alkanes) is 1. The molecule has 6 nitrogen and oxygen atoms in total. The average Bonchev–Trinajstić information content (AvgIpc) is 2.42. The van der Waals surface area contributed by atoms with Gasteiger partial charge in [0.05, 0.1) is 18.9 Å². The fraction of sp³-hybridized carbons (Fsp3) is 0.429. The largest absolute Gasteiger partial charge is 0.494 e. The van der Waals surface area contributed by atoms with Crippen LogP contribution in [0.25, 0.3) is 0 Å². The van der Waals surface area contributed by atoms with Crippen molar-refractivity contribution in [1.82, 2.24) is 0 Å². The van der Waals surface area contributed by atoms with Crippen molar-refractivity contribution >= 4 is 17.7 Å². The molecule has 6 heteroatoms. The highest BCUT2D eigenvalue weighted by Crippen LogP contribution is 2.26. The number of esters is 1. The Kier molecular flexibility index (Phi) is 4.81. The standard InChI is InChI=1S/C14H17NO5/c1-10(16)18-6-2-3-7-19-12-4-5-13-11(8-12)9-20-14(17)15-13/h4-5,8H,2-3,6-7,9H2,1H3,(H,15,17). The second-order valence-corrected chi connectivity index (χ2v) is 4.42. The number of anilines is 1. The number of fused-ring (bicyclic) bond motifs is 1. The van der Waals surface area contributed by atoms with Crippen molar-refractivity contribution in [3.8, 4) is 5.75 Å². The van der Waals surface area contributed by atoms with Crippen LogP contribution in [0.3, 0.4) is 0 Å². The maximum Gasteiger partial charge on any atom is 0.411 e. The van der Waals surface area contributed by atoms with Gasteiger partial charge in [0.1, 0.15) is 12.4 Å². The van der Waals surface area contributed by atoms with E-state index in [0.717, 1.165) is 29.8 Å². The van der Waals surface area contributed by atoms with Crippen LogP contribution in [0.4, 0.5) is 10.5 Å². The number of ether oxygens (including phenoxy) is 3. The zero-order valence-corrected chi connectivity index (χ0v) is 11.3. The SMILES string of the molecule is CC(=O)OCCCCOc1ccc2c(c1)COC(=O)N2. The summed E-state index contributed by atoms with van der Waals surface area (Å²) in [6.45, 7) is 2.62. The third-order valence-corrected chi connectivity index (χ3v) is 2.78. The summed E-state index contributed by atoms with van der Waals surface area (Å²) in [7, 11) is 0. The van der Waals surface area contributed by atoms with Gasteiger partial charge in [-0.25, -0.2) is 4.79 Å². The molecule has 0 saturated heterocycles. The molecule has 2 rings (SSSR count). The molecule has 1 amide bonds. The normalized spacial score (nSPS) is 12.9. The van der Waals surface area contributed by atoms with Gasteiger partial charge >= 0.3 is 12.1 Å². The molecule has 0 aliphatic carbocycles. The van der Waals surface area contributed by atoms with Gasteiger partial charge in [-0.15, -0.1) is 0 Å². The van der Waals surface area contributed by atoms with Gasteiger partial charge in [-0.05, 0) is 31.0 Å². The molecule has 1 aromatic rings. The molecule has 1 aliphatic rings. The van der Waals surface area contributed by atoms with E-state index in [0.29, 0.717) is 13.2 Å². The van der Waals surface area contributed by atoms with Crippen molar-refractivity contribution in [3.63, 3.8) is 0 Å². The molecule has 0 radical (unpaired) electrons. The Morgan fingerprint density at radius 1 is 1.35 bits per heavy atom. The van der Waals surface area contributed by atoms with E-state index >= 15 is 0 Å². The summed E-state index contributed by atoms with van der Waals surface area (Å²) >= 11 is 0. The molecule has 108 valence electrons. The van der Waals surface area contributed by atoms with E-state index in [4.69, 9.17) is 14.2 Å². The average molecular weight is 279 g/mol. The fourth-order valence-electron chi connectivity index (χ4n) is 1.80. The highest BCUT2D eigenvalue weighted by atomic mass is 16.6. The number of carbonyl (C=O) groups excluding carboxylic acids is 2. The van der Waals surface area contributed by atoms with Gasteiger partial charge < -0.3 is 14.2 Å². The summed E-state index contributed by atoms with van der Waals surface area (Å²) in [6, 6.07) is 5.45. The number of hydrogen-bond donors (Lipinski definition) is 1. The minimum atomic E-state index is -0.434. The van der Waals surface area contributed by atoms with Crippen molar-refractivity contribution < 1.29 is 23.8 Å². The Morgan fingerprint density at radius 3 is 2.95 bits per heavy atom. The molecule has 0 unspecified atom stereocenters. The molecule has 0 fully saturated rings. The Morgan fingerprint density at radius 2 is 2.15 bits per heavy atom. The summed E-state index contributed by atoms with van der Waals surface area (Å²) < 4.78 is 15.3. The fourth-order valence-corrected chi connectivity index (χ4v) is 1.80. The molecule has 1 aromatic carbocycles. The van der Waals surface area contributed by atoms with Gasteiger partial charge in [-0.1, -0.05) is 0 Å². The van der Waals surface area contributed by atoms with E-state index in [1.165, 1.54) is 6.92 Å². The number of cyclic esters (lactones) is 1. The van der Waals surface area contributed by atoms with E-state index in [-0.39, 0.29) is 12.6 Å². The molecule has 20 heavy (non-hydrogen) atoms. The first-order valence-electron chi connectivity index (χ1n) is 6.48. The molecule has 0 bridgehead atoms. The maximum atomic E-state index is 11.0. The van der Waals surface area contributed by atoms with Gasteiger partial charge in [0.2, 0.25) is 0 Å². The second kappa shape index (κ2) is 6.79. The minimum Gasteiger partial charge on any atom is -0.494 e. The van der Waals surface area contributed by atoms with Crippen molar-refractivity contribution in [2.24, 2.45) is 0 Å². The Labute approximate surface area is 117 Å². The Bertz CT molecular complexity index is 500. The molecular weight excluding hydrogens is 262 g/mol.